The molecule has 3 N–H and O–H groups in total. The van der Waals surface area contributed by atoms with Crippen molar-refractivity contribution >= 4 is 11.9 Å². The lowest BCUT2D eigenvalue weighted by Crippen LogP contribution is -2.39. The maximum absolute atomic E-state index is 12.1. The minimum Gasteiger partial charge on any atom is -0.496 e. The number of carbonyl (C=O) groups excluding carboxylic acids is 1. The topological polar surface area (TPSA) is 130 Å². The van der Waals surface area contributed by atoms with Crippen molar-refractivity contribution in [1.29, 1.82) is 0 Å². The molecule has 0 unspecified atom stereocenters. The predicted molar refractivity (Wildman–Crippen MR) is 88.3 cm³/mol. The molecule has 1 amide bonds. The Bertz CT molecular complexity index is 928. The standard InChI is InChI=1S/C16H17N3O6/c1-19-14(21)11(8-18-16(19)24)13(20)17-6-5-9-3-4-10(15(22)23)7-12(9)25-2/h3-4,7-8H,5-6H2,1-2H3,(H,17,20)(H,18,24)(H,22,23). The second-order valence-electron chi connectivity index (χ2n) is 5.21. The minimum atomic E-state index is -1.06. The second-order valence-corrected chi connectivity index (χ2v) is 5.21. The summed E-state index contributed by atoms with van der Waals surface area (Å²) in [6, 6.07) is 4.45. The highest BCUT2D eigenvalue weighted by Crippen LogP contribution is 2.20. The number of hydrogen-bond donors (Lipinski definition) is 3. The number of nitrogens with zero attached hydrogens (tertiary/aromatic N) is 1. The van der Waals surface area contributed by atoms with Crippen molar-refractivity contribution < 1.29 is 19.4 Å². The number of H-pyrrole nitrogens is 1. The van der Waals surface area contributed by atoms with Crippen LogP contribution in [0.15, 0.2) is 34.0 Å². The van der Waals surface area contributed by atoms with Crippen molar-refractivity contribution in [3.05, 3.63) is 61.9 Å². The maximum Gasteiger partial charge on any atom is 0.335 e. The predicted octanol–water partition coefficient (Wildman–Crippen LogP) is -0.247. The molecule has 2 rings (SSSR count). The van der Waals surface area contributed by atoms with Gasteiger partial charge in [0.1, 0.15) is 11.3 Å². The van der Waals surface area contributed by atoms with Crippen LogP contribution in [0.2, 0.25) is 0 Å². The van der Waals surface area contributed by atoms with Gasteiger partial charge < -0.3 is 20.1 Å². The van der Waals surface area contributed by atoms with Crippen LogP contribution in [-0.4, -0.2) is 40.2 Å². The number of hydrogen-bond acceptors (Lipinski definition) is 5. The van der Waals surface area contributed by atoms with Gasteiger partial charge in [0.15, 0.2) is 0 Å². The smallest absolute Gasteiger partial charge is 0.335 e. The van der Waals surface area contributed by atoms with Crippen LogP contribution in [0.1, 0.15) is 26.3 Å². The van der Waals surface area contributed by atoms with E-state index in [1.807, 2.05) is 0 Å². The highest BCUT2D eigenvalue weighted by molar-refractivity contribution is 5.93. The molecule has 0 saturated heterocycles. The van der Waals surface area contributed by atoms with E-state index in [9.17, 15) is 19.2 Å². The molecule has 0 aliphatic rings. The Labute approximate surface area is 141 Å². The maximum atomic E-state index is 12.1. The first-order valence-electron chi connectivity index (χ1n) is 7.32. The zero-order valence-electron chi connectivity index (χ0n) is 13.7. The fraction of sp³-hybridized carbons (Fsp3) is 0.250. The number of aromatic carboxylic acids is 1. The fourth-order valence-electron chi connectivity index (χ4n) is 2.22. The number of carbonyl (C=O) groups is 2. The molecule has 2 aromatic rings. The third kappa shape index (κ3) is 3.94. The average molecular weight is 347 g/mol. The number of carboxylic acids is 1. The molecule has 0 bridgehead atoms. The van der Waals surface area contributed by atoms with Crippen LogP contribution in [0.25, 0.3) is 0 Å². The van der Waals surface area contributed by atoms with Crippen LogP contribution in [0.3, 0.4) is 0 Å². The van der Waals surface area contributed by atoms with Gasteiger partial charge in [0, 0.05) is 19.8 Å². The van der Waals surface area contributed by atoms with E-state index in [4.69, 9.17) is 9.84 Å². The largest absolute Gasteiger partial charge is 0.496 e. The number of ether oxygens (including phenoxy) is 1. The Hall–Kier alpha value is -3.36. The van der Waals surface area contributed by atoms with Crippen LogP contribution in [0.4, 0.5) is 0 Å². The number of nitrogens with one attached hydrogen (secondary N) is 2. The molecule has 0 atom stereocenters. The summed E-state index contributed by atoms with van der Waals surface area (Å²) in [4.78, 5) is 48.5. The lowest BCUT2D eigenvalue weighted by molar-refractivity contribution is 0.0696. The molecule has 9 heteroatoms. The number of amides is 1. The third-order valence-electron chi connectivity index (χ3n) is 3.64. The number of methoxy groups -OCH3 is 1. The van der Waals surface area contributed by atoms with Crippen LogP contribution in [0.5, 0.6) is 5.75 Å². The van der Waals surface area contributed by atoms with Gasteiger partial charge in [-0.1, -0.05) is 6.07 Å². The Morgan fingerprint density at radius 2 is 2.04 bits per heavy atom. The zero-order valence-corrected chi connectivity index (χ0v) is 13.7. The summed E-state index contributed by atoms with van der Waals surface area (Å²) in [6.07, 6.45) is 1.45. The fourth-order valence-corrected chi connectivity index (χ4v) is 2.22. The molecule has 132 valence electrons. The molecule has 1 heterocycles. The number of aromatic amines is 1. The van der Waals surface area contributed by atoms with Crippen molar-refractivity contribution in [3.8, 4) is 5.75 Å². The average Bonchev–Trinajstić information content (AvgIpc) is 2.59. The lowest BCUT2D eigenvalue weighted by atomic mass is 10.1. The Morgan fingerprint density at radius 3 is 2.68 bits per heavy atom. The van der Waals surface area contributed by atoms with E-state index in [1.54, 1.807) is 6.07 Å². The van der Waals surface area contributed by atoms with Crippen LogP contribution < -0.4 is 21.3 Å². The molecule has 9 nitrogen and oxygen atoms in total. The summed E-state index contributed by atoms with van der Waals surface area (Å²) in [6.45, 7) is 0.198. The van der Waals surface area contributed by atoms with Crippen molar-refractivity contribution in [1.82, 2.24) is 14.9 Å². The summed E-state index contributed by atoms with van der Waals surface area (Å²) >= 11 is 0. The Balaban J connectivity index is 2.07. The summed E-state index contributed by atoms with van der Waals surface area (Å²) in [5.41, 5.74) is -0.659. The number of benzene rings is 1. The van der Waals surface area contributed by atoms with E-state index < -0.39 is 23.1 Å². The monoisotopic (exact) mass is 347 g/mol. The SMILES string of the molecule is COc1cc(C(=O)O)ccc1CCNC(=O)c1c[nH]c(=O)n(C)c1=O. The molecule has 1 aromatic carbocycles. The first-order valence-corrected chi connectivity index (χ1v) is 7.32. The molecule has 0 aliphatic carbocycles. The first-order chi connectivity index (χ1) is 11.8. The molecule has 0 fully saturated rings. The highest BCUT2D eigenvalue weighted by atomic mass is 16.5. The van der Waals surface area contributed by atoms with E-state index in [0.29, 0.717) is 17.7 Å². The van der Waals surface area contributed by atoms with Gasteiger partial charge in [0.2, 0.25) is 0 Å². The van der Waals surface area contributed by atoms with Gasteiger partial charge in [-0.3, -0.25) is 14.2 Å². The van der Waals surface area contributed by atoms with Crippen LogP contribution in [-0.2, 0) is 13.5 Å². The van der Waals surface area contributed by atoms with E-state index >= 15 is 0 Å². The van der Waals surface area contributed by atoms with Gasteiger partial charge in [-0.15, -0.1) is 0 Å². The van der Waals surface area contributed by atoms with Gasteiger partial charge >= 0.3 is 11.7 Å². The number of aromatic nitrogens is 2. The Kier molecular flexibility index (Phi) is 5.38. The van der Waals surface area contributed by atoms with Gasteiger partial charge in [-0.2, -0.15) is 0 Å². The molecule has 0 saturated carbocycles. The van der Waals surface area contributed by atoms with Gasteiger partial charge in [0.25, 0.3) is 11.5 Å². The molecule has 0 aliphatic heterocycles. The van der Waals surface area contributed by atoms with E-state index in [1.165, 1.54) is 26.3 Å². The molecular weight excluding hydrogens is 330 g/mol. The number of carboxylic acid groups (broad SMARTS) is 1. The van der Waals surface area contributed by atoms with Crippen molar-refractivity contribution in [3.63, 3.8) is 0 Å². The van der Waals surface area contributed by atoms with E-state index in [0.717, 1.165) is 10.8 Å². The highest BCUT2D eigenvalue weighted by Gasteiger charge is 2.13. The van der Waals surface area contributed by atoms with E-state index in [-0.39, 0.29) is 17.7 Å². The zero-order chi connectivity index (χ0) is 18.6. The van der Waals surface area contributed by atoms with Crippen molar-refractivity contribution in [2.24, 2.45) is 7.05 Å². The number of rotatable bonds is 6. The molecule has 0 radical (unpaired) electrons. The van der Waals surface area contributed by atoms with Crippen LogP contribution >= 0.6 is 0 Å². The Morgan fingerprint density at radius 1 is 1.32 bits per heavy atom. The second kappa shape index (κ2) is 7.47. The molecule has 1 aromatic heterocycles. The lowest BCUT2D eigenvalue weighted by Gasteiger charge is -2.10. The summed E-state index contributed by atoms with van der Waals surface area (Å²) in [7, 11) is 2.69. The van der Waals surface area contributed by atoms with Crippen molar-refractivity contribution in [2.75, 3.05) is 13.7 Å². The van der Waals surface area contributed by atoms with Gasteiger partial charge in [0.05, 0.1) is 12.7 Å². The molecule has 25 heavy (non-hydrogen) atoms. The summed E-state index contributed by atoms with van der Waals surface area (Å²) in [5.74, 6) is -1.28. The quantitative estimate of drug-likeness (QED) is 0.661. The van der Waals surface area contributed by atoms with Crippen LogP contribution in [0, 0.1) is 0 Å². The van der Waals surface area contributed by atoms with E-state index in [2.05, 4.69) is 10.3 Å². The minimum absolute atomic E-state index is 0.0985. The third-order valence-corrected chi connectivity index (χ3v) is 3.64. The summed E-state index contributed by atoms with van der Waals surface area (Å²) in [5, 5.41) is 11.5. The van der Waals surface area contributed by atoms with Gasteiger partial charge in [-0.05, 0) is 24.1 Å². The molecule has 0 spiro atoms. The van der Waals surface area contributed by atoms with Crippen molar-refractivity contribution in [2.45, 2.75) is 6.42 Å². The normalized spacial score (nSPS) is 10.3. The summed E-state index contributed by atoms with van der Waals surface area (Å²) < 4.78 is 5.97. The van der Waals surface area contributed by atoms with Gasteiger partial charge in [-0.25, -0.2) is 9.59 Å². The first kappa shape index (κ1) is 18.0. The molecular formula is C16H17N3O6.